The Morgan fingerprint density at radius 2 is 2.06 bits per heavy atom. The maximum Gasteiger partial charge on any atom is 0.416 e. The molecule has 0 radical (unpaired) electrons. The molecule has 1 unspecified atom stereocenters. The van der Waals surface area contributed by atoms with Crippen LogP contribution in [0.5, 0.6) is 0 Å². The largest absolute Gasteiger partial charge is 0.481 e. The molecule has 0 saturated carbocycles. The van der Waals surface area contributed by atoms with Crippen LogP contribution in [0, 0.1) is 0 Å². The van der Waals surface area contributed by atoms with Crippen LogP contribution in [0.15, 0.2) is 18.2 Å². The van der Waals surface area contributed by atoms with E-state index >= 15 is 0 Å². The van der Waals surface area contributed by atoms with Gasteiger partial charge >= 0.3 is 12.1 Å². The number of benzene rings is 1. The predicted molar refractivity (Wildman–Crippen MR) is 55.9 cm³/mol. The van der Waals surface area contributed by atoms with Gasteiger partial charge in [-0.15, -0.1) is 0 Å². The van der Waals surface area contributed by atoms with Gasteiger partial charge in [-0.25, -0.2) is 0 Å². The van der Waals surface area contributed by atoms with Crippen LogP contribution in [0.4, 0.5) is 13.2 Å². The van der Waals surface area contributed by atoms with E-state index in [-0.39, 0.29) is 5.02 Å². The van der Waals surface area contributed by atoms with Crippen molar-refractivity contribution < 1.29 is 23.1 Å². The molecule has 3 N–H and O–H groups in total. The molecule has 0 aliphatic heterocycles. The highest BCUT2D eigenvalue weighted by Crippen LogP contribution is 2.38. The topological polar surface area (TPSA) is 63.3 Å². The van der Waals surface area contributed by atoms with Crippen molar-refractivity contribution in [1.29, 1.82) is 0 Å². The van der Waals surface area contributed by atoms with Crippen molar-refractivity contribution in [1.82, 2.24) is 0 Å². The van der Waals surface area contributed by atoms with Gasteiger partial charge in [0.05, 0.1) is 11.5 Å². The Labute approximate surface area is 100.0 Å². The average molecular weight is 268 g/mol. The third-order valence-corrected chi connectivity index (χ3v) is 2.57. The SMILES string of the molecule is NCC(C(=O)O)c1c(Cl)cccc1C(F)(F)F. The molecule has 0 heterocycles. The Kier molecular flexibility index (Phi) is 4.00. The van der Waals surface area contributed by atoms with E-state index in [9.17, 15) is 18.0 Å². The Morgan fingerprint density at radius 1 is 1.47 bits per heavy atom. The fourth-order valence-electron chi connectivity index (χ4n) is 1.48. The van der Waals surface area contributed by atoms with Gasteiger partial charge in [0.15, 0.2) is 0 Å². The second-order valence-electron chi connectivity index (χ2n) is 3.33. The first-order valence-electron chi connectivity index (χ1n) is 4.57. The number of carboxylic acids is 1. The van der Waals surface area contributed by atoms with Crippen molar-refractivity contribution in [3.8, 4) is 0 Å². The zero-order valence-corrected chi connectivity index (χ0v) is 9.22. The zero-order valence-electron chi connectivity index (χ0n) is 8.46. The number of alkyl halides is 3. The summed E-state index contributed by atoms with van der Waals surface area (Å²) in [6.07, 6.45) is -4.66. The lowest BCUT2D eigenvalue weighted by Gasteiger charge is -2.18. The third-order valence-electron chi connectivity index (χ3n) is 2.24. The molecule has 0 spiro atoms. The number of carbonyl (C=O) groups is 1. The van der Waals surface area contributed by atoms with Gasteiger partial charge in [0.1, 0.15) is 0 Å². The van der Waals surface area contributed by atoms with Crippen LogP contribution in [0.3, 0.4) is 0 Å². The zero-order chi connectivity index (χ0) is 13.2. The summed E-state index contributed by atoms with van der Waals surface area (Å²) in [5, 5.41) is 8.58. The number of carboxylic acid groups (broad SMARTS) is 1. The predicted octanol–water partition coefficient (Wildman–Crippen LogP) is 2.49. The molecule has 0 bridgehead atoms. The van der Waals surface area contributed by atoms with Crippen LogP contribution in [0.1, 0.15) is 17.0 Å². The Morgan fingerprint density at radius 3 is 2.47 bits per heavy atom. The summed E-state index contributed by atoms with van der Waals surface area (Å²) in [7, 11) is 0. The van der Waals surface area contributed by atoms with Crippen molar-refractivity contribution >= 4 is 17.6 Å². The minimum absolute atomic E-state index is 0.252. The monoisotopic (exact) mass is 267 g/mol. The van der Waals surface area contributed by atoms with Gasteiger partial charge < -0.3 is 10.8 Å². The van der Waals surface area contributed by atoms with Crippen LogP contribution < -0.4 is 5.73 Å². The van der Waals surface area contributed by atoms with Gasteiger partial charge in [-0.1, -0.05) is 17.7 Å². The Hall–Kier alpha value is -1.27. The lowest BCUT2D eigenvalue weighted by atomic mass is 9.94. The van der Waals surface area contributed by atoms with Crippen molar-refractivity contribution in [2.75, 3.05) is 6.54 Å². The van der Waals surface area contributed by atoms with Crippen LogP contribution >= 0.6 is 11.6 Å². The number of hydrogen-bond acceptors (Lipinski definition) is 2. The number of aliphatic carboxylic acids is 1. The highest BCUT2D eigenvalue weighted by atomic mass is 35.5. The van der Waals surface area contributed by atoms with Crippen LogP contribution in [-0.4, -0.2) is 17.6 Å². The molecule has 1 rings (SSSR count). The first kappa shape index (κ1) is 13.8. The summed E-state index contributed by atoms with van der Waals surface area (Å²) in [6, 6.07) is 3.11. The first-order valence-corrected chi connectivity index (χ1v) is 4.95. The smallest absolute Gasteiger partial charge is 0.416 e. The van der Waals surface area contributed by atoms with Gasteiger partial charge in [-0.2, -0.15) is 13.2 Å². The fourth-order valence-corrected chi connectivity index (χ4v) is 1.79. The van der Waals surface area contributed by atoms with Gasteiger partial charge in [-0.05, 0) is 17.7 Å². The second kappa shape index (κ2) is 4.93. The number of rotatable bonds is 3. The quantitative estimate of drug-likeness (QED) is 0.884. The van der Waals surface area contributed by atoms with E-state index in [1.807, 2.05) is 0 Å². The van der Waals surface area contributed by atoms with E-state index in [1.54, 1.807) is 0 Å². The highest BCUT2D eigenvalue weighted by Gasteiger charge is 2.37. The van der Waals surface area contributed by atoms with E-state index in [2.05, 4.69) is 0 Å². The maximum atomic E-state index is 12.7. The van der Waals surface area contributed by atoms with Crippen LogP contribution in [0.2, 0.25) is 5.02 Å². The molecular weight excluding hydrogens is 259 g/mol. The molecule has 17 heavy (non-hydrogen) atoms. The van der Waals surface area contributed by atoms with Crippen molar-refractivity contribution in [2.24, 2.45) is 5.73 Å². The highest BCUT2D eigenvalue weighted by molar-refractivity contribution is 6.31. The van der Waals surface area contributed by atoms with E-state index in [0.29, 0.717) is 0 Å². The molecule has 3 nitrogen and oxygen atoms in total. The summed E-state index contributed by atoms with van der Waals surface area (Å²) in [5.41, 5.74) is 3.62. The summed E-state index contributed by atoms with van der Waals surface area (Å²) >= 11 is 5.63. The Bertz CT molecular complexity index is 434. The second-order valence-corrected chi connectivity index (χ2v) is 3.73. The van der Waals surface area contributed by atoms with Crippen LogP contribution in [0.25, 0.3) is 0 Å². The number of hydrogen-bond donors (Lipinski definition) is 2. The van der Waals surface area contributed by atoms with Gasteiger partial charge in [-0.3, -0.25) is 4.79 Å². The average Bonchev–Trinajstić information content (AvgIpc) is 2.19. The molecule has 0 amide bonds. The molecule has 1 aromatic carbocycles. The lowest BCUT2D eigenvalue weighted by molar-refractivity contribution is -0.141. The molecular formula is C10H9ClF3NO2. The number of nitrogens with two attached hydrogens (primary N) is 1. The molecule has 0 aromatic heterocycles. The minimum atomic E-state index is -4.66. The van der Waals surface area contributed by atoms with E-state index in [4.69, 9.17) is 22.4 Å². The van der Waals surface area contributed by atoms with Gasteiger partial charge in [0.2, 0.25) is 0 Å². The molecule has 94 valence electrons. The molecule has 0 saturated heterocycles. The number of halogens is 4. The summed E-state index contributed by atoms with van der Waals surface area (Å²) in [6.45, 7) is -0.456. The molecule has 0 aliphatic rings. The van der Waals surface area contributed by atoms with Gasteiger partial charge in [0.25, 0.3) is 0 Å². The molecule has 1 atom stereocenters. The van der Waals surface area contributed by atoms with E-state index < -0.39 is 35.7 Å². The minimum Gasteiger partial charge on any atom is -0.481 e. The van der Waals surface area contributed by atoms with E-state index in [1.165, 1.54) is 6.07 Å². The van der Waals surface area contributed by atoms with E-state index in [0.717, 1.165) is 12.1 Å². The summed E-state index contributed by atoms with van der Waals surface area (Å²) in [4.78, 5) is 10.9. The summed E-state index contributed by atoms with van der Waals surface area (Å²) in [5.74, 6) is -2.91. The standard InChI is InChI=1S/C10H9ClF3NO2/c11-7-3-1-2-6(10(12,13)14)8(7)5(4-15)9(16)17/h1-3,5H,4,15H2,(H,16,17). The van der Waals surface area contributed by atoms with Crippen molar-refractivity contribution in [3.05, 3.63) is 34.3 Å². The van der Waals surface area contributed by atoms with Crippen molar-refractivity contribution in [3.63, 3.8) is 0 Å². The third kappa shape index (κ3) is 2.89. The molecule has 0 aliphatic carbocycles. The normalized spacial score (nSPS) is 13.5. The Balaban J connectivity index is 3.44. The van der Waals surface area contributed by atoms with Crippen molar-refractivity contribution in [2.45, 2.75) is 12.1 Å². The molecule has 0 fully saturated rings. The van der Waals surface area contributed by atoms with Crippen LogP contribution in [-0.2, 0) is 11.0 Å². The fraction of sp³-hybridized carbons (Fsp3) is 0.300. The lowest BCUT2D eigenvalue weighted by Crippen LogP contribution is -2.24. The van der Waals surface area contributed by atoms with Gasteiger partial charge in [0, 0.05) is 11.6 Å². The summed E-state index contributed by atoms with van der Waals surface area (Å²) < 4.78 is 38.1. The maximum absolute atomic E-state index is 12.7. The first-order chi connectivity index (χ1) is 7.79. The molecule has 7 heteroatoms. The molecule has 1 aromatic rings.